The SMILES string of the molecule is CCNC(=NCc1cccc(C(F)(F)F)c1)NCCCOC. The van der Waals surface area contributed by atoms with Crippen LogP contribution in [0.5, 0.6) is 0 Å². The second-order valence-corrected chi connectivity index (χ2v) is 4.67. The van der Waals surface area contributed by atoms with Crippen LogP contribution in [-0.2, 0) is 17.5 Å². The summed E-state index contributed by atoms with van der Waals surface area (Å²) < 4.78 is 42.9. The van der Waals surface area contributed by atoms with Gasteiger partial charge < -0.3 is 15.4 Å². The lowest BCUT2D eigenvalue weighted by molar-refractivity contribution is -0.137. The van der Waals surface area contributed by atoms with E-state index >= 15 is 0 Å². The molecular formula is C15H22F3N3O. The molecule has 4 nitrogen and oxygen atoms in total. The highest BCUT2D eigenvalue weighted by molar-refractivity contribution is 5.79. The van der Waals surface area contributed by atoms with Crippen molar-refractivity contribution in [2.24, 2.45) is 4.99 Å². The van der Waals surface area contributed by atoms with Crippen molar-refractivity contribution in [3.63, 3.8) is 0 Å². The van der Waals surface area contributed by atoms with Gasteiger partial charge in [-0.1, -0.05) is 12.1 Å². The van der Waals surface area contributed by atoms with Crippen LogP contribution in [0, 0.1) is 0 Å². The van der Waals surface area contributed by atoms with Gasteiger partial charge in [0.2, 0.25) is 0 Å². The summed E-state index contributed by atoms with van der Waals surface area (Å²) in [5.41, 5.74) is -0.137. The first-order chi connectivity index (χ1) is 10.5. The largest absolute Gasteiger partial charge is 0.416 e. The summed E-state index contributed by atoms with van der Waals surface area (Å²) in [5.74, 6) is 0.580. The Balaban J connectivity index is 2.65. The number of benzene rings is 1. The van der Waals surface area contributed by atoms with Gasteiger partial charge in [-0.2, -0.15) is 13.2 Å². The summed E-state index contributed by atoms with van der Waals surface area (Å²) in [6, 6.07) is 5.21. The molecule has 7 heteroatoms. The highest BCUT2D eigenvalue weighted by Gasteiger charge is 2.30. The van der Waals surface area contributed by atoms with E-state index in [9.17, 15) is 13.2 Å². The van der Waals surface area contributed by atoms with Crippen molar-refractivity contribution in [1.82, 2.24) is 10.6 Å². The molecule has 0 bridgehead atoms. The third-order valence-electron chi connectivity index (χ3n) is 2.84. The van der Waals surface area contributed by atoms with E-state index in [1.807, 2.05) is 6.92 Å². The molecule has 1 rings (SSSR count). The van der Waals surface area contributed by atoms with Crippen LogP contribution in [0.25, 0.3) is 0 Å². The molecule has 124 valence electrons. The fraction of sp³-hybridized carbons (Fsp3) is 0.533. The van der Waals surface area contributed by atoms with E-state index in [0.717, 1.165) is 18.6 Å². The molecule has 0 spiro atoms. The van der Waals surface area contributed by atoms with Crippen LogP contribution < -0.4 is 10.6 Å². The van der Waals surface area contributed by atoms with Crippen LogP contribution in [0.2, 0.25) is 0 Å². The van der Waals surface area contributed by atoms with Crippen LogP contribution in [0.4, 0.5) is 13.2 Å². The molecule has 1 aromatic carbocycles. The van der Waals surface area contributed by atoms with Crippen molar-refractivity contribution in [2.45, 2.75) is 26.1 Å². The molecule has 1 aromatic rings. The molecule has 0 fully saturated rings. The molecule has 0 saturated heterocycles. The molecular weight excluding hydrogens is 295 g/mol. The number of rotatable bonds is 7. The Morgan fingerprint density at radius 2 is 2.05 bits per heavy atom. The number of nitrogens with one attached hydrogen (secondary N) is 2. The van der Waals surface area contributed by atoms with Gasteiger partial charge >= 0.3 is 6.18 Å². The Hall–Kier alpha value is -1.76. The van der Waals surface area contributed by atoms with Gasteiger partial charge in [0, 0.05) is 26.8 Å². The lowest BCUT2D eigenvalue weighted by Crippen LogP contribution is -2.38. The maximum atomic E-state index is 12.7. The van der Waals surface area contributed by atoms with E-state index in [1.165, 1.54) is 6.07 Å². The summed E-state index contributed by atoms with van der Waals surface area (Å²) in [6.07, 6.45) is -3.51. The second-order valence-electron chi connectivity index (χ2n) is 4.67. The molecule has 0 atom stereocenters. The van der Waals surface area contributed by atoms with Crippen molar-refractivity contribution in [3.05, 3.63) is 35.4 Å². The zero-order chi connectivity index (χ0) is 16.4. The fourth-order valence-electron chi connectivity index (χ4n) is 1.78. The normalized spacial score (nSPS) is 12.3. The third kappa shape index (κ3) is 6.80. The highest BCUT2D eigenvalue weighted by Crippen LogP contribution is 2.29. The van der Waals surface area contributed by atoms with Gasteiger partial charge in [0.05, 0.1) is 12.1 Å². The number of halogens is 3. The van der Waals surface area contributed by atoms with Crippen LogP contribution in [0.15, 0.2) is 29.3 Å². The minimum Gasteiger partial charge on any atom is -0.385 e. The molecule has 22 heavy (non-hydrogen) atoms. The van der Waals surface area contributed by atoms with Crippen molar-refractivity contribution < 1.29 is 17.9 Å². The molecule has 0 aliphatic heterocycles. The summed E-state index contributed by atoms with van der Waals surface area (Å²) in [5, 5.41) is 6.16. The zero-order valence-electron chi connectivity index (χ0n) is 12.8. The van der Waals surface area contributed by atoms with E-state index in [0.29, 0.717) is 31.2 Å². The van der Waals surface area contributed by atoms with Crippen molar-refractivity contribution in [3.8, 4) is 0 Å². The number of nitrogens with zero attached hydrogens (tertiary/aromatic N) is 1. The van der Waals surface area contributed by atoms with Crippen LogP contribution in [-0.4, -0.2) is 32.8 Å². The first kappa shape index (κ1) is 18.3. The standard InChI is InChI=1S/C15H22F3N3O/c1-3-19-14(20-8-5-9-22-2)21-11-12-6-4-7-13(10-12)15(16,17)18/h4,6-7,10H,3,5,8-9,11H2,1-2H3,(H2,19,20,21). The number of aliphatic imine (C=N–C) groups is 1. The quantitative estimate of drug-likeness (QED) is 0.462. The lowest BCUT2D eigenvalue weighted by atomic mass is 10.1. The van der Waals surface area contributed by atoms with E-state index in [-0.39, 0.29) is 6.54 Å². The average molecular weight is 317 g/mol. The van der Waals surface area contributed by atoms with Crippen LogP contribution in [0.1, 0.15) is 24.5 Å². The number of alkyl halides is 3. The average Bonchev–Trinajstić information content (AvgIpc) is 2.48. The zero-order valence-corrected chi connectivity index (χ0v) is 12.8. The first-order valence-electron chi connectivity index (χ1n) is 7.14. The Kier molecular flexibility index (Phi) is 7.73. The van der Waals surface area contributed by atoms with Crippen LogP contribution in [0.3, 0.4) is 0 Å². The predicted octanol–water partition coefficient (Wildman–Crippen LogP) is 2.80. The maximum Gasteiger partial charge on any atom is 0.416 e. The smallest absolute Gasteiger partial charge is 0.385 e. The third-order valence-corrected chi connectivity index (χ3v) is 2.84. The summed E-state index contributed by atoms with van der Waals surface area (Å²) in [6.45, 7) is 4.11. The van der Waals surface area contributed by atoms with Crippen molar-refractivity contribution >= 4 is 5.96 Å². The van der Waals surface area contributed by atoms with Gasteiger partial charge in [-0.15, -0.1) is 0 Å². The Bertz CT molecular complexity index is 475. The van der Waals surface area contributed by atoms with E-state index in [1.54, 1.807) is 13.2 Å². The maximum absolute atomic E-state index is 12.7. The Morgan fingerprint density at radius 1 is 1.27 bits per heavy atom. The van der Waals surface area contributed by atoms with E-state index in [2.05, 4.69) is 15.6 Å². The summed E-state index contributed by atoms with van der Waals surface area (Å²) >= 11 is 0. The van der Waals surface area contributed by atoms with Gasteiger partial charge in [0.25, 0.3) is 0 Å². The molecule has 0 amide bonds. The second kappa shape index (κ2) is 9.30. The number of methoxy groups -OCH3 is 1. The van der Waals surface area contributed by atoms with E-state index < -0.39 is 11.7 Å². The van der Waals surface area contributed by atoms with Crippen LogP contribution >= 0.6 is 0 Å². The minimum absolute atomic E-state index is 0.184. The number of ether oxygens (including phenoxy) is 1. The fourth-order valence-corrected chi connectivity index (χ4v) is 1.78. The monoisotopic (exact) mass is 317 g/mol. The predicted molar refractivity (Wildman–Crippen MR) is 80.8 cm³/mol. The number of hydrogen-bond donors (Lipinski definition) is 2. The van der Waals surface area contributed by atoms with Gasteiger partial charge in [-0.3, -0.25) is 0 Å². The minimum atomic E-state index is -4.33. The highest BCUT2D eigenvalue weighted by atomic mass is 19.4. The lowest BCUT2D eigenvalue weighted by Gasteiger charge is -2.11. The molecule has 0 heterocycles. The Labute approximate surface area is 128 Å². The molecule has 2 N–H and O–H groups in total. The number of guanidine groups is 1. The number of hydrogen-bond acceptors (Lipinski definition) is 2. The van der Waals surface area contributed by atoms with Crippen molar-refractivity contribution in [2.75, 3.05) is 26.8 Å². The summed E-state index contributed by atoms with van der Waals surface area (Å²) in [4.78, 5) is 4.29. The van der Waals surface area contributed by atoms with Gasteiger partial charge in [-0.05, 0) is 31.0 Å². The molecule has 0 aromatic heterocycles. The molecule has 0 aliphatic rings. The molecule has 0 unspecified atom stereocenters. The molecule has 0 aliphatic carbocycles. The van der Waals surface area contributed by atoms with Gasteiger partial charge in [0.1, 0.15) is 0 Å². The molecule has 0 saturated carbocycles. The van der Waals surface area contributed by atoms with Gasteiger partial charge in [0.15, 0.2) is 5.96 Å². The summed E-state index contributed by atoms with van der Waals surface area (Å²) in [7, 11) is 1.63. The van der Waals surface area contributed by atoms with Gasteiger partial charge in [-0.25, -0.2) is 4.99 Å². The Morgan fingerprint density at radius 3 is 2.68 bits per heavy atom. The topological polar surface area (TPSA) is 45.7 Å². The van der Waals surface area contributed by atoms with E-state index in [4.69, 9.17) is 4.74 Å². The molecule has 0 radical (unpaired) electrons. The van der Waals surface area contributed by atoms with Crippen molar-refractivity contribution in [1.29, 1.82) is 0 Å². The first-order valence-corrected chi connectivity index (χ1v) is 7.14.